The maximum Gasteiger partial charge on any atom is 0.0571 e. The van der Waals surface area contributed by atoms with E-state index in [0.717, 1.165) is 13.1 Å². The number of piperidine rings is 1. The number of nitrogens with one attached hydrogen (secondary N) is 1. The van der Waals surface area contributed by atoms with Crippen LogP contribution in [0.2, 0.25) is 0 Å². The molecule has 20 heavy (non-hydrogen) atoms. The third-order valence-corrected chi connectivity index (χ3v) is 4.38. The molecule has 0 bridgehead atoms. The van der Waals surface area contributed by atoms with Crippen LogP contribution in [0.4, 0.5) is 0 Å². The minimum atomic E-state index is 0.551. The normalized spacial score (nSPS) is 16.6. The van der Waals surface area contributed by atoms with E-state index in [9.17, 15) is 0 Å². The Morgan fingerprint density at radius 3 is 2.60 bits per heavy atom. The summed E-state index contributed by atoms with van der Waals surface area (Å²) in [5.41, 5.74) is 6.53. The van der Waals surface area contributed by atoms with E-state index in [4.69, 9.17) is 0 Å². The molecule has 2 aromatic rings. The van der Waals surface area contributed by atoms with Crippen molar-refractivity contribution in [1.29, 1.82) is 0 Å². The fourth-order valence-corrected chi connectivity index (χ4v) is 3.13. The fourth-order valence-electron chi connectivity index (χ4n) is 3.13. The van der Waals surface area contributed by atoms with Gasteiger partial charge in [-0.15, -0.1) is 0 Å². The molecule has 1 N–H and O–H groups in total. The summed E-state index contributed by atoms with van der Waals surface area (Å²) < 4.78 is 2.23. The minimum absolute atomic E-state index is 0.551. The predicted octanol–water partition coefficient (Wildman–Crippen LogP) is 3.40. The highest BCUT2D eigenvalue weighted by Crippen LogP contribution is 2.30. The van der Waals surface area contributed by atoms with E-state index >= 15 is 0 Å². The Morgan fingerprint density at radius 1 is 1.10 bits per heavy atom. The van der Waals surface area contributed by atoms with Crippen molar-refractivity contribution < 1.29 is 0 Å². The van der Waals surface area contributed by atoms with Gasteiger partial charge in [0.25, 0.3) is 0 Å². The van der Waals surface area contributed by atoms with Gasteiger partial charge in [-0.1, -0.05) is 23.8 Å². The van der Waals surface area contributed by atoms with E-state index in [0.29, 0.717) is 6.04 Å². The van der Waals surface area contributed by atoms with Crippen LogP contribution in [0.3, 0.4) is 0 Å². The van der Waals surface area contributed by atoms with Crippen molar-refractivity contribution in [3.8, 4) is 11.1 Å². The lowest BCUT2D eigenvalue weighted by Gasteiger charge is -2.24. The second kappa shape index (κ2) is 5.41. The Hall–Kier alpha value is -1.61. The van der Waals surface area contributed by atoms with Crippen LogP contribution in [0.15, 0.2) is 24.4 Å². The lowest BCUT2D eigenvalue weighted by Crippen LogP contribution is -2.30. The van der Waals surface area contributed by atoms with Gasteiger partial charge < -0.3 is 5.32 Å². The molecule has 1 fully saturated rings. The van der Waals surface area contributed by atoms with Crippen LogP contribution in [0.25, 0.3) is 11.1 Å². The monoisotopic (exact) mass is 269 g/mol. The van der Waals surface area contributed by atoms with Gasteiger partial charge in [-0.05, 0) is 57.8 Å². The molecule has 0 saturated carbocycles. The van der Waals surface area contributed by atoms with Crippen LogP contribution in [-0.4, -0.2) is 22.9 Å². The number of hydrogen-bond acceptors (Lipinski definition) is 2. The van der Waals surface area contributed by atoms with Crippen molar-refractivity contribution in [3.63, 3.8) is 0 Å². The van der Waals surface area contributed by atoms with Gasteiger partial charge in [0.15, 0.2) is 0 Å². The molecular formula is C17H23N3. The standard InChI is InChI=1S/C17H23N3/c1-12-4-5-13(2)16(10-12)17-11-19-20(14(17)3)15-6-8-18-9-7-15/h4-5,10-11,15,18H,6-9H2,1-3H3. The van der Waals surface area contributed by atoms with Gasteiger partial charge in [0.05, 0.1) is 12.2 Å². The zero-order valence-corrected chi connectivity index (χ0v) is 12.6. The van der Waals surface area contributed by atoms with E-state index in [-0.39, 0.29) is 0 Å². The maximum atomic E-state index is 4.68. The zero-order valence-electron chi connectivity index (χ0n) is 12.6. The summed E-state index contributed by atoms with van der Waals surface area (Å²) in [4.78, 5) is 0. The minimum Gasteiger partial charge on any atom is -0.317 e. The average Bonchev–Trinajstić information content (AvgIpc) is 2.84. The molecule has 0 aliphatic carbocycles. The molecule has 3 heteroatoms. The molecule has 3 rings (SSSR count). The topological polar surface area (TPSA) is 29.9 Å². The predicted molar refractivity (Wildman–Crippen MR) is 83.0 cm³/mol. The van der Waals surface area contributed by atoms with Crippen molar-refractivity contribution in [3.05, 3.63) is 41.2 Å². The molecule has 1 aromatic carbocycles. The molecule has 0 radical (unpaired) electrons. The van der Waals surface area contributed by atoms with Gasteiger partial charge in [0.2, 0.25) is 0 Å². The smallest absolute Gasteiger partial charge is 0.0571 e. The molecule has 106 valence electrons. The summed E-state index contributed by atoms with van der Waals surface area (Å²) >= 11 is 0. The van der Waals surface area contributed by atoms with E-state index in [1.165, 1.54) is 40.8 Å². The summed E-state index contributed by atoms with van der Waals surface area (Å²) in [6.07, 6.45) is 4.39. The summed E-state index contributed by atoms with van der Waals surface area (Å²) in [5, 5.41) is 8.09. The Bertz CT molecular complexity index is 607. The molecule has 0 amide bonds. The maximum absolute atomic E-state index is 4.68. The number of nitrogens with zero attached hydrogens (tertiary/aromatic N) is 2. The van der Waals surface area contributed by atoms with Crippen LogP contribution >= 0.6 is 0 Å². The Morgan fingerprint density at radius 2 is 1.85 bits per heavy atom. The summed E-state index contributed by atoms with van der Waals surface area (Å²) in [7, 11) is 0. The van der Waals surface area contributed by atoms with Crippen LogP contribution in [0, 0.1) is 20.8 Å². The SMILES string of the molecule is Cc1ccc(C)c(-c2cnn(C3CCNCC3)c2C)c1. The van der Waals surface area contributed by atoms with Gasteiger partial charge >= 0.3 is 0 Å². The third-order valence-electron chi connectivity index (χ3n) is 4.38. The molecule has 1 aliphatic rings. The van der Waals surface area contributed by atoms with Crippen LogP contribution in [0.1, 0.15) is 35.7 Å². The fraction of sp³-hybridized carbons (Fsp3) is 0.471. The first-order valence-electron chi connectivity index (χ1n) is 7.49. The second-order valence-corrected chi connectivity index (χ2v) is 5.89. The van der Waals surface area contributed by atoms with Crippen molar-refractivity contribution in [1.82, 2.24) is 15.1 Å². The second-order valence-electron chi connectivity index (χ2n) is 5.89. The Balaban J connectivity index is 1.99. The van der Waals surface area contributed by atoms with Crippen molar-refractivity contribution in [2.75, 3.05) is 13.1 Å². The molecule has 0 atom stereocenters. The van der Waals surface area contributed by atoms with Crippen LogP contribution in [-0.2, 0) is 0 Å². The number of aryl methyl sites for hydroxylation is 2. The lowest BCUT2D eigenvalue weighted by molar-refractivity contribution is 0.338. The highest BCUT2D eigenvalue weighted by Gasteiger charge is 2.19. The van der Waals surface area contributed by atoms with Crippen molar-refractivity contribution in [2.24, 2.45) is 0 Å². The van der Waals surface area contributed by atoms with Gasteiger partial charge in [-0.3, -0.25) is 4.68 Å². The molecule has 0 unspecified atom stereocenters. The van der Waals surface area contributed by atoms with E-state index in [1.54, 1.807) is 0 Å². The van der Waals surface area contributed by atoms with Gasteiger partial charge in [0.1, 0.15) is 0 Å². The highest BCUT2D eigenvalue weighted by molar-refractivity contribution is 5.69. The first kappa shape index (κ1) is 13.4. The molecule has 0 spiro atoms. The third kappa shape index (κ3) is 2.38. The van der Waals surface area contributed by atoms with Gasteiger partial charge in [0, 0.05) is 11.3 Å². The molecule has 1 aromatic heterocycles. The molecular weight excluding hydrogens is 246 g/mol. The summed E-state index contributed by atoms with van der Waals surface area (Å²) in [6, 6.07) is 7.19. The molecule has 2 heterocycles. The first-order valence-corrected chi connectivity index (χ1v) is 7.49. The summed E-state index contributed by atoms with van der Waals surface area (Å²) in [5.74, 6) is 0. The van der Waals surface area contributed by atoms with Crippen molar-refractivity contribution >= 4 is 0 Å². The summed E-state index contributed by atoms with van der Waals surface area (Å²) in [6.45, 7) is 8.73. The molecule has 1 aliphatic heterocycles. The van der Waals surface area contributed by atoms with E-state index < -0.39 is 0 Å². The number of benzene rings is 1. The molecule has 3 nitrogen and oxygen atoms in total. The zero-order chi connectivity index (χ0) is 14.1. The number of hydrogen-bond donors (Lipinski definition) is 1. The van der Waals surface area contributed by atoms with Gasteiger partial charge in [-0.2, -0.15) is 5.10 Å². The lowest BCUT2D eigenvalue weighted by atomic mass is 9.99. The van der Waals surface area contributed by atoms with Crippen LogP contribution < -0.4 is 5.32 Å². The number of rotatable bonds is 2. The first-order chi connectivity index (χ1) is 9.66. The number of aromatic nitrogens is 2. The highest BCUT2D eigenvalue weighted by atomic mass is 15.3. The Kier molecular flexibility index (Phi) is 3.62. The van der Waals surface area contributed by atoms with Gasteiger partial charge in [-0.25, -0.2) is 0 Å². The molecule has 1 saturated heterocycles. The largest absolute Gasteiger partial charge is 0.317 e. The quantitative estimate of drug-likeness (QED) is 0.905. The van der Waals surface area contributed by atoms with E-state index in [2.05, 4.69) is 54.1 Å². The van der Waals surface area contributed by atoms with Crippen molar-refractivity contribution in [2.45, 2.75) is 39.7 Å². The van der Waals surface area contributed by atoms with Crippen LogP contribution in [0.5, 0.6) is 0 Å². The van der Waals surface area contributed by atoms with E-state index in [1.807, 2.05) is 6.20 Å². The Labute approximate surface area is 121 Å². The average molecular weight is 269 g/mol.